The van der Waals surface area contributed by atoms with Crippen molar-refractivity contribution in [2.75, 3.05) is 6.61 Å². The van der Waals surface area contributed by atoms with Crippen LogP contribution in [-0.2, 0) is 19.6 Å². The highest BCUT2D eigenvalue weighted by Crippen LogP contribution is 2.22. The standard InChI is InChI=1S/C20H22N4O5S/c1-12-8-9-13(2)16(10-12)29-11-18(25)22-23-20(26)14(3)21-19-15-6-4-5-7-17(15)30(27,28)24-19/h4-10,14H,11H2,1-3H3,(H,21,24)(H,22,25)(H,23,26)/t14-/m1/s1. The number of carbonyl (C=O) groups is 2. The molecular weight excluding hydrogens is 408 g/mol. The lowest BCUT2D eigenvalue weighted by atomic mass is 10.1. The summed E-state index contributed by atoms with van der Waals surface area (Å²) in [4.78, 5) is 28.4. The molecule has 0 saturated heterocycles. The Morgan fingerprint density at radius 3 is 2.63 bits per heavy atom. The monoisotopic (exact) mass is 430 g/mol. The number of amides is 2. The van der Waals surface area contributed by atoms with Gasteiger partial charge in [0.1, 0.15) is 17.6 Å². The van der Waals surface area contributed by atoms with E-state index in [1.807, 2.05) is 32.0 Å². The van der Waals surface area contributed by atoms with Gasteiger partial charge in [-0.05, 0) is 50.1 Å². The summed E-state index contributed by atoms with van der Waals surface area (Å²) in [7, 11) is -3.69. The van der Waals surface area contributed by atoms with Crippen LogP contribution in [0.15, 0.2) is 52.4 Å². The highest BCUT2D eigenvalue weighted by Gasteiger charge is 2.31. The molecule has 3 N–H and O–H groups in total. The average molecular weight is 430 g/mol. The number of aliphatic imine (C=N–C) groups is 1. The molecular formula is C20H22N4O5S. The third kappa shape index (κ3) is 4.77. The summed E-state index contributed by atoms with van der Waals surface area (Å²) >= 11 is 0. The second kappa shape index (κ2) is 8.54. The molecule has 0 aromatic heterocycles. The number of nitrogens with zero attached hydrogens (tertiary/aromatic N) is 1. The molecule has 2 aromatic rings. The number of hydrazine groups is 1. The molecule has 1 aliphatic heterocycles. The highest BCUT2D eigenvalue weighted by molar-refractivity contribution is 7.90. The maximum atomic E-state index is 12.2. The van der Waals surface area contributed by atoms with Crippen LogP contribution < -0.4 is 20.3 Å². The Morgan fingerprint density at radius 2 is 1.87 bits per heavy atom. The zero-order chi connectivity index (χ0) is 21.9. The van der Waals surface area contributed by atoms with E-state index < -0.39 is 27.9 Å². The Morgan fingerprint density at radius 1 is 1.13 bits per heavy atom. The van der Waals surface area contributed by atoms with Gasteiger partial charge in [0.15, 0.2) is 6.61 Å². The molecule has 3 rings (SSSR count). The number of carbonyl (C=O) groups excluding carboxylic acids is 2. The Hall–Kier alpha value is -3.40. The molecule has 30 heavy (non-hydrogen) atoms. The number of ether oxygens (including phenoxy) is 1. The molecule has 0 unspecified atom stereocenters. The lowest BCUT2D eigenvalue weighted by Crippen LogP contribution is -2.47. The number of sulfonamides is 1. The molecule has 10 heteroatoms. The molecule has 2 amide bonds. The van der Waals surface area contributed by atoms with Gasteiger partial charge < -0.3 is 4.74 Å². The van der Waals surface area contributed by atoms with E-state index in [0.717, 1.165) is 11.1 Å². The van der Waals surface area contributed by atoms with Crippen LogP contribution in [0.5, 0.6) is 5.75 Å². The number of nitrogens with one attached hydrogen (secondary N) is 3. The quantitative estimate of drug-likeness (QED) is 0.609. The average Bonchev–Trinajstić information content (AvgIpc) is 2.97. The maximum Gasteiger partial charge on any atom is 0.276 e. The van der Waals surface area contributed by atoms with Crippen LogP contribution in [0.25, 0.3) is 0 Å². The van der Waals surface area contributed by atoms with Crippen molar-refractivity contribution < 1.29 is 22.7 Å². The third-order valence-corrected chi connectivity index (χ3v) is 5.79. The molecule has 0 fully saturated rings. The van der Waals surface area contributed by atoms with E-state index in [9.17, 15) is 18.0 Å². The number of amidine groups is 1. The number of hydrogen-bond donors (Lipinski definition) is 3. The molecule has 0 bridgehead atoms. The van der Waals surface area contributed by atoms with Crippen LogP contribution in [0.4, 0.5) is 0 Å². The van der Waals surface area contributed by atoms with Crippen molar-refractivity contribution in [2.45, 2.75) is 31.7 Å². The van der Waals surface area contributed by atoms with Crippen molar-refractivity contribution >= 4 is 27.7 Å². The SMILES string of the molecule is Cc1ccc(C)c(OCC(=O)NNC(=O)[C@@H](C)N=C2NS(=O)(=O)c3ccccc32)c1. The fraction of sp³-hybridized carbons (Fsp3) is 0.250. The van der Waals surface area contributed by atoms with Gasteiger partial charge in [-0.25, -0.2) is 8.42 Å². The lowest BCUT2D eigenvalue weighted by molar-refractivity contribution is -0.130. The molecule has 158 valence electrons. The van der Waals surface area contributed by atoms with Crippen LogP contribution in [0.1, 0.15) is 23.6 Å². The van der Waals surface area contributed by atoms with Crippen molar-refractivity contribution in [1.29, 1.82) is 0 Å². The molecule has 1 heterocycles. The van der Waals surface area contributed by atoms with E-state index in [1.54, 1.807) is 18.2 Å². The van der Waals surface area contributed by atoms with Gasteiger partial charge in [-0.15, -0.1) is 0 Å². The first-order chi connectivity index (χ1) is 14.2. The number of aryl methyl sites for hydroxylation is 2. The predicted octanol–water partition coefficient (Wildman–Crippen LogP) is 0.957. The van der Waals surface area contributed by atoms with Gasteiger partial charge in [0.05, 0.1) is 4.90 Å². The highest BCUT2D eigenvalue weighted by atomic mass is 32.2. The number of rotatable bonds is 5. The first kappa shape index (κ1) is 21.3. The Bertz CT molecular complexity index is 1130. The van der Waals surface area contributed by atoms with E-state index in [2.05, 4.69) is 20.6 Å². The van der Waals surface area contributed by atoms with Gasteiger partial charge >= 0.3 is 0 Å². The number of benzene rings is 2. The minimum atomic E-state index is -3.69. The second-order valence-electron chi connectivity index (χ2n) is 6.85. The van der Waals surface area contributed by atoms with Crippen LogP contribution in [0.3, 0.4) is 0 Å². The van der Waals surface area contributed by atoms with Gasteiger partial charge in [-0.2, -0.15) is 0 Å². The van der Waals surface area contributed by atoms with E-state index in [0.29, 0.717) is 11.3 Å². The van der Waals surface area contributed by atoms with Crippen LogP contribution in [-0.4, -0.2) is 38.7 Å². The summed E-state index contributed by atoms with van der Waals surface area (Å²) in [5.41, 5.74) is 6.80. The predicted molar refractivity (Wildman–Crippen MR) is 110 cm³/mol. The zero-order valence-corrected chi connectivity index (χ0v) is 17.5. The summed E-state index contributed by atoms with van der Waals surface area (Å²) in [6.07, 6.45) is 0. The lowest BCUT2D eigenvalue weighted by Gasteiger charge is -2.12. The fourth-order valence-corrected chi connectivity index (χ4v) is 4.00. The van der Waals surface area contributed by atoms with Gasteiger partial charge in [-0.1, -0.05) is 24.3 Å². The first-order valence-corrected chi connectivity index (χ1v) is 10.6. The summed E-state index contributed by atoms with van der Waals surface area (Å²) in [5, 5.41) is 0. The van der Waals surface area contributed by atoms with Crippen molar-refractivity contribution in [3.05, 3.63) is 59.2 Å². The third-order valence-electron chi connectivity index (χ3n) is 4.39. The van der Waals surface area contributed by atoms with Crippen molar-refractivity contribution in [1.82, 2.24) is 15.6 Å². The van der Waals surface area contributed by atoms with Gasteiger partial charge in [-0.3, -0.25) is 30.2 Å². The number of fused-ring (bicyclic) bond motifs is 1. The van der Waals surface area contributed by atoms with E-state index >= 15 is 0 Å². The van der Waals surface area contributed by atoms with Crippen LogP contribution in [0, 0.1) is 13.8 Å². The summed E-state index contributed by atoms with van der Waals surface area (Å²) < 4.78 is 32.0. The Labute approximate surface area is 174 Å². The summed E-state index contributed by atoms with van der Waals surface area (Å²) in [6, 6.07) is 11.0. The Balaban J connectivity index is 1.56. The molecule has 1 aliphatic rings. The largest absolute Gasteiger partial charge is 0.483 e. The first-order valence-electron chi connectivity index (χ1n) is 9.16. The second-order valence-corrected chi connectivity index (χ2v) is 8.50. The van der Waals surface area contributed by atoms with E-state index in [4.69, 9.17) is 4.74 Å². The molecule has 1 atom stereocenters. The maximum absolute atomic E-state index is 12.2. The summed E-state index contributed by atoms with van der Waals surface area (Å²) in [6.45, 7) is 4.99. The van der Waals surface area contributed by atoms with Gasteiger partial charge in [0, 0.05) is 5.56 Å². The zero-order valence-electron chi connectivity index (χ0n) is 16.7. The number of hydrogen-bond acceptors (Lipinski definition) is 6. The van der Waals surface area contributed by atoms with Gasteiger partial charge in [0.2, 0.25) is 0 Å². The fourth-order valence-electron chi connectivity index (χ4n) is 2.76. The molecule has 0 spiro atoms. The minimum absolute atomic E-state index is 0.0813. The normalized spacial score (nSPS) is 16.3. The molecule has 0 radical (unpaired) electrons. The topological polar surface area (TPSA) is 126 Å². The van der Waals surface area contributed by atoms with Gasteiger partial charge in [0.25, 0.3) is 21.8 Å². The molecule has 0 aliphatic carbocycles. The van der Waals surface area contributed by atoms with Crippen molar-refractivity contribution in [3.8, 4) is 5.75 Å². The molecule has 2 aromatic carbocycles. The van der Waals surface area contributed by atoms with Crippen LogP contribution in [0.2, 0.25) is 0 Å². The smallest absolute Gasteiger partial charge is 0.276 e. The van der Waals surface area contributed by atoms with E-state index in [-0.39, 0.29) is 17.3 Å². The Kier molecular flexibility index (Phi) is 6.06. The molecule has 9 nitrogen and oxygen atoms in total. The van der Waals surface area contributed by atoms with E-state index in [1.165, 1.54) is 13.0 Å². The minimum Gasteiger partial charge on any atom is -0.483 e. The van der Waals surface area contributed by atoms with Crippen LogP contribution >= 0.6 is 0 Å². The molecule has 0 saturated carbocycles. The summed E-state index contributed by atoms with van der Waals surface area (Å²) in [5.74, 6) is -0.483. The van der Waals surface area contributed by atoms with Crippen molar-refractivity contribution in [3.63, 3.8) is 0 Å². The van der Waals surface area contributed by atoms with Crippen molar-refractivity contribution in [2.24, 2.45) is 4.99 Å².